The zero-order chi connectivity index (χ0) is 104. The van der Waals surface area contributed by atoms with Crippen LogP contribution in [0.25, 0.3) is 128 Å². The number of para-hydroxylation sites is 3. The van der Waals surface area contributed by atoms with Gasteiger partial charge in [0.1, 0.15) is 68.4 Å². The van der Waals surface area contributed by atoms with Gasteiger partial charge in [0.2, 0.25) is 23.6 Å². The van der Waals surface area contributed by atoms with Crippen molar-refractivity contribution in [2.75, 3.05) is 24.6 Å². The first-order chi connectivity index (χ1) is 69.7. The van der Waals surface area contributed by atoms with Gasteiger partial charge in [-0.05, 0) is 173 Å². The van der Waals surface area contributed by atoms with Crippen LogP contribution in [0.15, 0.2) is 267 Å². The summed E-state index contributed by atoms with van der Waals surface area (Å²) in [5.74, 6) is 8.99. The van der Waals surface area contributed by atoms with E-state index in [1.165, 1.54) is 24.3 Å². The number of nitrogens with zero attached hydrogens (tertiary/aromatic N) is 9. The molecular formula is C120H117Cl2F2N11O11. The van der Waals surface area contributed by atoms with Gasteiger partial charge in [-0.3, -0.25) is 33.6 Å². The first-order valence-corrected chi connectivity index (χ1v) is 49.5. The van der Waals surface area contributed by atoms with Crippen molar-refractivity contribution < 1.29 is 60.0 Å². The van der Waals surface area contributed by atoms with Crippen molar-refractivity contribution in [1.29, 1.82) is 0 Å². The predicted octanol–water partition coefficient (Wildman–Crippen LogP) is 26.8. The normalized spacial score (nSPS) is 11.9. The number of fused-ring (bicyclic) bond motifs is 8. The number of amides is 1. The molecule has 20 rings (SSSR count). The van der Waals surface area contributed by atoms with E-state index in [0.29, 0.717) is 117 Å². The molecule has 26 heteroatoms. The fourth-order valence-corrected chi connectivity index (χ4v) is 17.2. The summed E-state index contributed by atoms with van der Waals surface area (Å²) in [7, 11) is 9.74. The topological polar surface area (TPSA) is 285 Å². The Bertz CT molecular complexity index is 8280. The van der Waals surface area contributed by atoms with Gasteiger partial charge in [-0.1, -0.05) is 203 Å². The van der Waals surface area contributed by atoms with Crippen LogP contribution in [0.5, 0.6) is 0 Å². The molecule has 0 aliphatic carbocycles. The number of carbonyl (C=O) groups is 7. The van der Waals surface area contributed by atoms with Gasteiger partial charge in [0.15, 0.2) is 22.3 Å². The number of benzene rings is 11. The number of nitrogens with two attached hydrogens (primary N) is 1. The first kappa shape index (κ1) is 105. The van der Waals surface area contributed by atoms with E-state index in [9.17, 15) is 42.3 Å². The SMILES string of the molecule is CC(C)C(=O)Cc1ccc(C#Cc2cn(C)c3ccccc23)c(Cl)c1.CC(C)C(=O)Cc1ccc(NC(=O)c2cn(C)c3cc(F)ccc23)c(Cl)c1.CC(C)C(=O)Cc1ccc2nc(-c3ccccc3N)oc2c1.CC(C)C(=O)Cc1ccc2nc(-c3cn(C)c4ccc(F)cc34)oc2c1.CC(C)C(=O)Cc1ccc2nc(-c3cn(C)c4ccccc34)oc2c1.CC(C)C(=O)Cc1ccc2nc(C3=CN(C)CC3)oc2c1. The molecule has 19 aromatic rings. The number of aryl methyl sites for hydroxylation is 4. The average Bonchev–Trinajstić information content (AvgIpc) is 1.62. The summed E-state index contributed by atoms with van der Waals surface area (Å²) >= 11 is 12.7. The Morgan fingerprint density at radius 3 is 1.19 bits per heavy atom. The Morgan fingerprint density at radius 1 is 0.363 bits per heavy atom. The molecule has 9 heterocycles. The van der Waals surface area contributed by atoms with Crippen LogP contribution in [0.4, 0.5) is 20.2 Å². The van der Waals surface area contributed by atoms with Gasteiger partial charge in [-0.2, -0.15) is 0 Å². The van der Waals surface area contributed by atoms with E-state index in [-0.39, 0.29) is 87.7 Å². The van der Waals surface area contributed by atoms with Crippen LogP contribution in [-0.2, 0) is 95.5 Å². The minimum Gasteiger partial charge on any atom is -0.436 e. The molecule has 3 N–H and O–H groups in total. The quantitative estimate of drug-likeness (QED) is 0.0420. The lowest BCUT2D eigenvalue weighted by molar-refractivity contribution is -0.122. The molecule has 1 amide bonds. The van der Waals surface area contributed by atoms with E-state index >= 15 is 0 Å². The van der Waals surface area contributed by atoms with E-state index in [1.807, 2.05) is 274 Å². The Balaban J connectivity index is 0.000000132. The van der Waals surface area contributed by atoms with Crippen molar-refractivity contribution in [3.05, 3.63) is 327 Å². The molecule has 8 aromatic heterocycles. The van der Waals surface area contributed by atoms with E-state index in [0.717, 1.165) is 140 Å². The second kappa shape index (κ2) is 45.9. The molecule has 0 saturated heterocycles. The average molecular weight is 2000 g/mol. The highest BCUT2D eigenvalue weighted by atomic mass is 35.5. The lowest BCUT2D eigenvalue weighted by Crippen LogP contribution is -2.13. The van der Waals surface area contributed by atoms with Gasteiger partial charge in [0.05, 0.1) is 49.1 Å². The highest BCUT2D eigenvalue weighted by molar-refractivity contribution is 6.34. The molecule has 0 atom stereocenters. The molecule has 0 radical (unpaired) electrons. The number of anilines is 2. The van der Waals surface area contributed by atoms with Crippen molar-refractivity contribution in [3.63, 3.8) is 0 Å². The lowest BCUT2D eigenvalue weighted by atomic mass is 10.0. The van der Waals surface area contributed by atoms with E-state index in [4.69, 9.17) is 46.6 Å². The summed E-state index contributed by atoms with van der Waals surface area (Å²) < 4.78 is 58.6. The molecular weight excluding hydrogens is 1880 g/mol. The maximum absolute atomic E-state index is 13.7. The highest BCUT2D eigenvalue weighted by Gasteiger charge is 2.25. The van der Waals surface area contributed by atoms with Gasteiger partial charge in [-0.15, -0.1) is 0 Å². The summed E-state index contributed by atoms with van der Waals surface area (Å²) in [6.45, 7) is 23.8. The number of oxazole rings is 4. The Kier molecular flexibility index (Phi) is 32.9. The summed E-state index contributed by atoms with van der Waals surface area (Å²) in [4.78, 5) is 104. The number of aromatic nitrogens is 8. The molecule has 146 heavy (non-hydrogen) atoms. The van der Waals surface area contributed by atoms with Crippen molar-refractivity contribution in [2.24, 2.45) is 63.7 Å². The fraction of sp³-hybridized carbons (Fsp3) is 0.258. The Hall–Kier alpha value is -15.7. The van der Waals surface area contributed by atoms with Crippen LogP contribution in [0.1, 0.15) is 150 Å². The second-order valence-corrected chi connectivity index (χ2v) is 39.7. The third-order valence-electron chi connectivity index (χ3n) is 25.6. The minimum absolute atomic E-state index is 0.00145. The molecule has 0 unspecified atom stereocenters. The molecule has 1 aliphatic rings. The molecule has 22 nitrogen and oxygen atoms in total. The third kappa shape index (κ3) is 25.2. The number of rotatable bonds is 24. The van der Waals surface area contributed by atoms with Crippen molar-refractivity contribution >= 4 is 169 Å². The standard InChI is InChI=1S/C22H20ClNO.C21H20ClFN2O2.C21H19FN2O2.C21H20N2O2.C18H18N2O2.C17H20N2O2/c1-15(2)22(25)13-16-8-9-17(20(23)12-16)10-11-18-14-24(3)21-7-5-4-6-19(18)21;1-12(2)20(26)9-13-4-7-18(17(22)8-13)24-21(27)16-11-25(3)19-10-14(23)5-6-15(16)19;1-12(2)19(25)8-13-4-6-17-20(9-13)26-21(23-17)16-11-24(3)18-7-5-14(22)10-15(16)18;1-13(2)19(24)10-14-8-9-17-20(11-14)25-21(22-17)16-12-23(3)18-7-5-4-6-15(16)18;1-11(2)16(21)9-12-7-8-15-17(10-12)22-18(20-15)13-5-3-4-6-14(13)19;1-11(2)15(20)8-12-4-5-14-16(9-12)21-17(18-14)13-6-7-19(3)10-13/h4-9,12,14-15H,13H2,1-3H3;4-8,10-12H,9H2,1-3H3,(H,24,27);4-7,9-12H,8H2,1-3H3;4-9,11-13H,10H2,1-3H3;3-8,10-11H,9,19H2,1-2H3;4-5,9-11H,6-8H2,1-3H3. The van der Waals surface area contributed by atoms with Gasteiger partial charge in [0, 0.05) is 202 Å². The number of nitrogen functional groups attached to an aromatic ring is 1. The number of halogens is 4. The monoisotopic (exact) mass is 2000 g/mol. The number of nitrogens with one attached hydrogen (secondary N) is 1. The molecule has 0 saturated carbocycles. The van der Waals surface area contributed by atoms with Crippen LogP contribution in [-0.4, -0.2) is 97.3 Å². The maximum atomic E-state index is 13.7. The van der Waals surface area contributed by atoms with Crippen LogP contribution >= 0.6 is 23.2 Å². The second-order valence-electron chi connectivity index (χ2n) is 38.8. The molecule has 0 spiro atoms. The van der Waals surface area contributed by atoms with Gasteiger partial charge >= 0.3 is 0 Å². The fourth-order valence-electron chi connectivity index (χ4n) is 16.7. The first-order valence-electron chi connectivity index (χ1n) is 48.7. The van der Waals surface area contributed by atoms with Gasteiger partial charge in [0.25, 0.3) is 5.91 Å². The molecule has 0 fully saturated rings. The minimum atomic E-state index is -0.356. The summed E-state index contributed by atoms with van der Waals surface area (Å²) in [5.41, 5.74) is 28.2. The van der Waals surface area contributed by atoms with Crippen molar-refractivity contribution in [2.45, 2.75) is 128 Å². The summed E-state index contributed by atoms with van der Waals surface area (Å²) in [5, 5.41) is 7.40. The summed E-state index contributed by atoms with van der Waals surface area (Å²) in [6, 6.07) is 66.6. The third-order valence-corrected chi connectivity index (χ3v) is 26.2. The number of Topliss-reactive ketones (excluding diaryl/α,β-unsaturated/α-hetero) is 6. The largest absolute Gasteiger partial charge is 0.436 e. The maximum Gasteiger partial charge on any atom is 0.257 e. The molecule has 1 aliphatic heterocycles. The lowest BCUT2D eigenvalue weighted by Gasteiger charge is -2.09. The van der Waals surface area contributed by atoms with E-state index in [2.05, 4.69) is 81.6 Å². The Labute approximate surface area is 856 Å². The zero-order valence-electron chi connectivity index (χ0n) is 84.9. The van der Waals surface area contributed by atoms with Crippen molar-refractivity contribution in [3.8, 4) is 46.2 Å². The van der Waals surface area contributed by atoms with Gasteiger partial charge in [-0.25, -0.2) is 28.7 Å². The van der Waals surface area contributed by atoms with Crippen LogP contribution < -0.4 is 11.1 Å². The predicted molar refractivity (Wildman–Crippen MR) is 579 cm³/mol. The molecule has 11 aromatic carbocycles. The van der Waals surface area contributed by atoms with Crippen molar-refractivity contribution in [1.82, 2.24) is 43.1 Å². The van der Waals surface area contributed by atoms with E-state index < -0.39 is 0 Å². The smallest absolute Gasteiger partial charge is 0.257 e. The van der Waals surface area contributed by atoms with E-state index in [1.54, 1.807) is 48.1 Å². The van der Waals surface area contributed by atoms with Crippen LogP contribution in [0, 0.1) is 59.0 Å². The zero-order valence-corrected chi connectivity index (χ0v) is 86.4. The number of hydrogen-bond donors (Lipinski definition) is 2. The van der Waals surface area contributed by atoms with Crippen LogP contribution in [0.3, 0.4) is 0 Å². The number of ketones is 6. The molecule has 746 valence electrons. The highest BCUT2D eigenvalue weighted by Crippen LogP contribution is 2.38. The summed E-state index contributed by atoms with van der Waals surface area (Å²) in [6.07, 6.45) is 13.0. The molecule has 0 bridgehead atoms. The number of hydrogen-bond acceptors (Lipinski definition) is 17. The van der Waals surface area contributed by atoms with Crippen LogP contribution in [0.2, 0.25) is 10.0 Å². The Morgan fingerprint density at radius 2 is 0.733 bits per heavy atom. The number of carbonyl (C=O) groups excluding carboxylic acids is 7. The van der Waals surface area contributed by atoms with Gasteiger partial charge < -0.3 is 51.9 Å².